The van der Waals surface area contributed by atoms with Crippen molar-refractivity contribution in [3.8, 4) is 22.6 Å². The molecule has 37 heavy (non-hydrogen) atoms. The molecular weight excluding hydrogens is 481 g/mol. The van der Waals surface area contributed by atoms with E-state index in [1.54, 1.807) is 28.8 Å². The third-order valence-electron chi connectivity index (χ3n) is 6.54. The van der Waals surface area contributed by atoms with Crippen LogP contribution in [-0.2, 0) is 4.74 Å². The van der Waals surface area contributed by atoms with Gasteiger partial charge >= 0.3 is 6.36 Å². The molecule has 192 valence electrons. The fourth-order valence-electron chi connectivity index (χ4n) is 5.08. The lowest BCUT2D eigenvalue weighted by Gasteiger charge is -2.36. The van der Waals surface area contributed by atoms with E-state index in [1.165, 1.54) is 12.1 Å². The summed E-state index contributed by atoms with van der Waals surface area (Å²) in [6.45, 7) is 7.67. The predicted octanol–water partition coefficient (Wildman–Crippen LogP) is 6.48. The number of hydrogen-bond acceptors (Lipinski definition) is 4. The Hall–Kier alpha value is -3.78. The van der Waals surface area contributed by atoms with Crippen molar-refractivity contribution < 1.29 is 22.6 Å². The molecule has 0 aliphatic carbocycles. The monoisotopic (exact) mass is 508 g/mol. The Morgan fingerprint density at radius 2 is 1.51 bits per heavy atom. The number of anilines is 1. The fraction of sp³-hybridized carbons (Fsp3) is 0.276. The third kappa shape index (κ3) is 5.20. The van der Waals surface area contributed by atoms with E-state index in [0.29, 0.717) is 10.9 Å². The number of benzene rings is 3. The maximum Gasteiger partial charge on any atom is 0.573 e. The minimum absolute atomic E-state index is 0.150. The van der Waals surface area contributed by atoms with Gasteiger partial charge in [0.1, 0.15) is 5.75 Å². The molecule has 5 nitrogen and oxygen atoms in total. The average Bonchev–Trinajstić information content (AvgIpc) is 2.85. The van der Waals surface area contributed by atoms with Crippen molar-refractivity contribution in [1.82, 2.24) is 4.57 Å². The molecule has 1 fully saturated rings. The zero-order valence-corrected chi connectivity index (χ0v) is 20.8. The van der Waals surface area contributed by atoms with Crippen molar-refractivity contribution in [3.63, 3.8) is 0 Å². The first-order valence-corrected chi connectivity index (χ1v) is 12.1. The average molecular weight is 509 g/mol. The number of halogens is 3. The zero-order chi connectivity index (χ0) is 26.3. The summed E-state index contributed by atoms with van der Waals surface area (Å²) in [7, 11) is 0. The minimum Gasteiger partial charge on any atom is -0.406 e. The predicted molar refractivity (Wildman–Crippen MR) is 139 cm³/mol. The van der Waals surface area contributed by atoms with Gasteiger partial charge in [0.15, 0.2) is 0 Å². The quantitative estimate of drug-likeness (QED) is 0.317. The summed E-state index contributed by atoms with van der Waals surface area (Å²) in [5.74, 6) is -0.292. The van der Waals surface area contributed by atoms with Crippen LogP contribution in [0.25, 0.3) is 27.6 Å². The number of hydrogen-bond donors (Lipinski definition) is 0. The second-order valence-corrected chi connectivity index (χ2v) is 9.47. The number of nitrogens with zero attached hydrogens (tertiary/aromatic N) is 2. The Kier molecular flexibility index (Phi) is 6.45. The Morgan fingerprint density at radius 3 is 2.14 bits per heavy atom. The Morgan fingerprint density at radius 1 is 0.892 bits per heavy atom. The number of aromatic nitrogens is 1. The number of pyridine rings is 1. The highest BCUT2D eigenvalue weighted by Crippen LogP contribution is 2.32. The standard InChI is InChI=1S/C29H27F3N2O3/c1-18-15-34(23-11-9-22(10-12-23)33-16-19(2)36-20(3)17-33)28(35)26-6-4-5-25(27(18)26)21-7-13-24(14-8-21)37-29(30,31)32/h4-15,19-20H,16-17H2,1-3H3. The van der Waals surface area contributed by atoms with Crippen LogP contribution in [0.4, 0.5) is 18.9 Å². The first-order valence-electron chi connectivity index (χ1n) is 12.1. The lowest BCUT2D eigenvalue weighted by molar-refractivity contribution is -0.274. The smallest absolute Gasteiger partial charge is 0.406 e. The van der Waals surface area contributed by atoms with Crippen molar-refractivity contribution in [3.05, 3.63) is 88.8 Å². The lowest BCUT2D eigenvalue weighted by atomic mass is 9.96. The molecule has 0 N–H and O–H groups in total. The summed E-state index contributed by atoms with van der Waals surface area (Å²) in [6, 6.07) is 19.0. The van der Waals surface area contributed by atoms with Gasteiger partial charge in [-0.05, 0) is 85.3 Å². The molecule has 1 aromatic heterocycles. The van der Waals surface area contributed by atoms with Gasteiger partial charge < -0.3 is 14.4 Å². The molecule has 8 heteroatoms. The van der Waals surface area contributed by atoms with Crippen molar-refractivity contribution in [2.45, 2.75) is 39.3 Å². The van der Waals surface area contributed by atoms with Gasteiger partial charge in [-0.15, -0.1) is 13.2 Å². The summed E-state index contributed by atoms with van der Waals surface area (Å²) in [5.41, 5.74) is 4.01. The second kappa shape index (κ2) is 9.59. The molecule has 1 aliphatic rings. The number of ether oxygens (including phenoxy) is 2. The topological polar surface area (TPSA) is 43.7 Å². The summed E-state index contributed by atoms with van der Waals surface area (Å²) >= 11 is 0. The van der Waals surface area contributed by atoms with Crippen LogP contribution < -0.4 is 15.2 Å². The van der Waals surface area contributed by atoms with Gasteiger partial charge in [0.05, 0.1) is 12.2 Å². The molecule has 0 amide bonds. The molecule has 2 unspecified atom stereocenters. The summed E-state index contributed by atoms with van der Waals surface area (Å²) in [4.78, 5) is 15.8. The van der Waals surface area contributed by atoms with Crippen LogP contribution in [-0.4, -0.2) is 36.2 Å². The van der Waals surface area contributed by atoms with Gasteiger partial charge in [0, 0.05) is 36.0 Å². The molecular formula is C29H27F3N2O3. The highest BCUT2D eigenvalue weighted by Gasteiger charge is 2.31. The summed E-state index contributed by atoms with van der Waals surface area (Å²) in [6.07, 6.45) is -2.64. The molecule has 5 rings (SSSR count). The first-order chi connectivity index (χ1) is 17.6. The SMILES string of the molecule is Cc1cn(-c2ccc(N3CC(C)OC(C)C3)cc2)c(=O)c2cccc(-c3ccc(OC(F)(F)F)cc3)c12. The minimum atomic E-state index is -4.75. The number of aryl methyl sites for hydroxylation is 1. The van der Waals surface area contributed by atoms with Crippen molar-refractivity contribution in [1.29, 1.82) is 0 Å². The van der Waals surface area contributed by atoms with E-state index in [-0.39, 0.29) is 23.5 Å². The molecule has 0 radical (unpaired) electrons. The van der Waals surface area contributed by atoms with Crippen molar-refractivity contribution in [2.24, 2.45) is 0 Å². The van der Waals surface area contributed by atoms with E-state index in [9.17, 15) is 18.0 Å². The van der Waals surface area contributed by atoms with E-state index in [4.69, 9.17) is 4.74 Å². The highest BCUT2D eigenvalue weighted by atomic mass is 19.4. The Balaban J connectivity index is 1.50. The fourth-order valence-corrected chi connectivity index (χ4v) is 5.08. The molecule has 2 atom stereocenters. The number of rotatable bonds is 4. The molecule has 1 saturated heterocycles. The van der Waals surface area contributed by atoms with Gasteiger partial charge in [-0.3, -0.25) is 9.36 Å². The number of morpholine rings is 1. The van der Waals surface area contributed by atoms with Gasteiger partial charge in [0.2, 0.25) is 0 Å². The van der Waals surface area contributed by atoms with Crippen LogP contribution in [0.15, 0.2) is 77.7 Å². The van der Waals surface area contributed by atoms with E-state index in [1.807, 2.05) is 43.5 Å². The molecule has 1 aliphatic heterocycles. The van der Waals surface area contributed by atoms with E-state index >= 15 is 0 Å². The molecule has 2 heterocycles. The van der Waals surface area contributed by atoms with E-state index in [2.05, 4.69) is 23.5 Å². The van der Waals surface area contributed by atoms with E-state index in [0.717, 1.165) is 41.0 Å². The van der Waals surface area contributed by atoms with Crippen LogP contribution in [0, 0.1) is 6.92 Å². The molecule has 4 aromatic rings. The zero-order valence-electron chi connectivity index (χ0n) is 20.8. The largest absolute Gasteiger partial charge is 0.573 e. The third-order valence-corrected chi connectivity index (χ3v) is 6.54. The normalized spacial score (nSPS) is 18.3. The maximum absolute atomic E-state index is 13.5. The van der Waals surface area contributed by atoms with Gasteiger partial charge in [-0.1, -0.05) is 24.3 Å². The van der Waals surface area contributed by atoms with E-state index < -0.39 is 6.36 Å². The molecule has 0 spiro atoms. The van der Waals surface area contributed by atoms with Crippen LogP contribution in [0.5, 0.6) is 5.75 Å². The van der Waals surface area contributed by atoms with Gasteiger partial charge in [-0.2, -0.15) is 0 Å². The first kappa shape index (κ1) is 24.9. The van der Waals surface area contributed by atoms with Crippen LogP contribution in [0.2, 0.25) is 0 Å². The van der Waals surface area contributed by atoms with Crippen LogP contribution in [0.1, 0.15) is 19.4 Å². The summed E-state index contributed by atoms with van der Waals surface area (Å²) in [5, 5.41) is 1.30. The van der Waals surface area contributed by atoms with Crippen LogP contribution >= 0.6 is 0 Å². The van der Waals surface area contributed by atoms with Crippen molar-refractivity contribution >= 4 is 16.5 Å². The number of alkyl halides is 3. The van der Waals surface area contributed by atoms with Gasteiger partial charge in [0.25, 0.3) is 5.56 Å². The summed E-state index contributed by atoms with van der Waals surface area (Å²) < 4.78 is 49.0. The molecule has 0 saturated carbocycles. The molecule has 3 aromatic carbocycles. The maximum atomic E-state index is 13.5. The number of fused-ring (bicyclic) bond motifs is 1. The van der Waals surface area contributed by atoms with Gasteiger partial charge in [-0.25, -0.2) is 0 Å². The second-order valence-electron chi connectivity index (χ2n) is 9.47. The van der Waals surface area contributed by atoms with Crippen molar-refractivity contribution in [2.75, 3.05) is 18.0 Å². The Labute approximate surface area is 212 Å². The Bertz CT molecular complexity index is 1470. The molecule has 0 bridgehead atoms. The highest BCUT2D eigenvalue weighted by molar-refractivity contribution is 5.98. The van der Waals surface area contributed by atoms with Crippen LogP contribution in [0.3, 0.4) is 0 Å². The lowest BCUT2D eigenvalue weighted by Crippen LogP contribution is -2.45.